The minimum Gasteiger partial charge on any atom is -0.454 e. The third-order valence-electron chi connectivity index (χ3n) is 3.33. The summed E-state index contributed by atoms with van der Waals surface area (Å²) < 4.78 is 35.1. The maximum Gasteiger partial charge on any atom is 0.231 e. The van der Waals surface area contributed by atoms with Crippen LogP contribution in [-0.4, -0.2) is 21.0 Å². The zero-order valence-corrected chi connectivity index (χ0v) is 12.0. The molecule has 1 unspecified atom stereocenters. The van der Waals surface area contributed by atoms with Crippen molar-refractivity contribution in [2.45, 2.75) is 10.9 Å². The fraction of sp³-hybridized carbons (Fsp3) is 0.200. The molecule has 3 rings (SSSR count). The summed E-state index contributed by atoms with van der Waals surface area (Å²) in [7, 11) is -3.42. The number of nitrogens with two attached hydrogens (primary N) is 1. The van der Waals surface area contributed by atoms with E-state index in [-0.39, 0.29) is 17.4 Å². The van der Waals surface area contributed by atoms with E-state index in [0.717, 1.165) is 0 Å². The fourth-order valence-corrected chi connectivity index (χ4v) is 3.63. The lowest BCUT2D eigenvalue weighted by atomic mass is 10.1. The number of sulfone groups is 1. The Balaban J connectivity index is 1.82. The van der Waals surface area contributed by atoms with Crippen LogP contribution in [0.5, 0.6) is 11.5 Å². The average Bonchev–Trinajstić information content (AvgIpc) is 2.95. The van der Waals surface area contributed by atoms with Gasteiger partial charge in [-0.1, -0.05) is 24.3 Å². The lowest BCUT2D eigenvalue weighted by Gasteiger charge is -2.13. The number of fused-ring (bicyclic) bond motifs is 1. The smallest absolute Gasteiger partial charge is 0.231 e. The van der Waals surface area contributed by atoms with E-state index in [1.807, 2.05) is 0 Å². The second-order valence-electron chi connectivity index (χ2n) is 4.81. The molecule has 1 heterocycles. The van der Waals surface area contributed by atoms with Crippen LogP contribution in [0.1, 0.15) is 11.6 Å². The molecular formula is C15H15NO4S. The van der Waals surface area contributed by atoms with Crippen LogP contribution in [-0.2, 0) is 9.84 Å². The van der Waals surface area contributed by atoms with Gasteiger partial charge in [0.05, 0.1) is 10.6 Å². The second kappa shape index (κ2) is 5.38. The van der Waals surface area contributed by atoms with E-state index in [0.29, 0.717) is 17.1 Å². The van der Waals surface area contributed by atoms with Gasteiger partial charge >= 0.3 is 0 Å². The SMILES string of the molecule is NC(CS(=O)(=O)c1ccccc1)c1ccc2c(c1)OCO2. The molecule has 5 nitrogen and oxygen atoms in total. The molecule has 1 aliphatic rings. The first-order chi connectivity index (χ1) is 10.1. The predicted molar refractivity (Wildman–Crippen MR) is 78.0 cm³/mol. The van der Waals surface area contributed by atoms with Gasteiger partial charge in [-0.25, -0.2) is 8.42 Å². The monoisotopic (exact) mass is 305 g/mol. The average molecular weight is 305 g/mol. The van der Waals surface area contributed by atoms with Gasteiger partial charge in [-0.3, -0.25) is 0 Å². The molecule has 1 aliphatic heterocycles. The molecule has 0 fully saturated rings. The van der Waals surface area contributed by atoms with Crippen molar-refractivity contribution < 1.29 is 17.9 Å². The first-order valence-electron chi connectivity index (χ1n) is 6.49. The summed E-state index contributed by atoms with van der Waals surface area (Å²) in [4.78, 5) is 0.279. The van der Waals surface area contributed by atoms with Crippen molar-refractivity contribution in [3.8, 4) is 11.5 Å². The second-order valence-corrected chi connectivity index (χ2v) is 6.85. The molecule has 0 saturated carbocycles. The maximum atomic E-state index is 12.3. The highest BCUT2D eigenvalue weighted by Crippen LogP contribution is 2.34. The highest BCUT2D eigenvalue weighted by Gasteiger charge is 2.22. The zero-order chi connectivity index (χ0) is 14.9. The van der Waals surface area contributed by atoms with E-state index >= 15 is 0 Å². The molecule has 2 aromatic carbocycles. The molecule has 0 aliphatic carbocycles. The minimum atomic E-state index is -3.42. The molecule has 0 amide bonds. The Hall–Kier alpha value is -2.05. The van der Waals surface area contributed by atoms with Gasteiger partial charge in [-0.15, -0.1) is 0 Å². The molecule has 110 valence electrons. The van der Waals surface area contributed by atoms with Gasteiger partial charge in [0.1, 0.15) is 0 Å². The standard InChI is InChI=1S/C15H15NO4S/c16-13(9-21(17,18)12-4-2-1-3-5-12)11-6-7-14-15(8-11)20-10-19-14/h1-8,13H,9-10,16H2. The van der Waals surface area contributed by atoms with Gasteiger partial charge in [0.2, 0.25) is 6.79 Å². The van der Waals surface area contributed by atoms with Crippen LogP contribution in [0.2, 0.25) is 0 Å². The van der Waals surface area contributed by atoms with Crippen molar-refractivity contribution in [3.63, 3.8) is 0 Å². The van der Waals surface area contributed by atoms with Gasteiger partial charge in [0.25, 0.3) is 0 Å². The Morgan fingerprint density at radius 3 is 2.52 bits per heavy atom. The van der Waals surface area contributed by atoms with Gasteiger partial charge in [0, 0.05) is 6.04 Å². The Morgan fingerprint density at radius 1 is 1.05 bits per heavy atom. The quantitative estimate of drug-likeness (QED) is 0.933. The first kappa shape index (κ1) is 13.9. The summed E-state index contributed by atoms with van der Waals surface area (Å²) in [6, 6.07) is 12.9. The van der Waals surface area contributed by atoms with E-state index < -0.39 is 15.9 Å². The molecule has 0 aromatic heterocycles. The van der Waals surface area contributed by atoms with Gasteiger partial charge in [0.15, 0.2) is 21.3 Å². The van der Waals surface area contributed by atoms with E-state index in [4.69, 9.17) is 15.2 Å². The summed E-state index contributed by atoms with van der Waals surface area (Å²) in [6.07, 6.45) is 0. The minimum absolute atomic E-state index is 0.156. The van der Waals surface area contributed by atoms with Gasteiger partial charge in [-0.2, -0.15) is 0 Å². The van der Waals surface area contributed by atoms with Crippen LogP contribution in [0.25, 0.3) is 0 Å². The zero-order valence-electron chi connectivity index (χ0n) is 11.2. The number of hydrogen-bond donors (Lipinski definition) is 1. The summed E-state index contributed by atoms with van der Waals surface area (Å²) in [5, 5.41) is 0. The van der Waals surface area contributed by atoms with Crippen molar-refractivity contribution in [2.75, 3.05) is 12.5 Å². The number of benzene rings is 2. The third kappa shape index (κ3) is 2.86. The molecule has 0 spiro atoms. The molecule has 0 saturated heterocycles. The Morgan fingerprint density at radius 2 is 1.76 bits per heavy atom. The summed E-state index contributed by atoms with van der Waals surface area (Å²) in [5.74, 6) is 1.09. The number of hydrogen-bond acceptors (Lipinski definition) is 5. The van der Waals surface area contributed by atoms with E-state index in [1.54, 1.807) is 48.5 Å². The van der Waals surface area contributed by atoms with E-state index in [2.05, 4.69) is 0 Å². The Bertz CT molecular complexity index is 744. The normalized spacial score (nSPS) is 14.9. The van der Waals surface area contributed by atoms with Crippen LogP contribution in [0, 0.1) is 0 Å². The number of rotatable bonds is 4. The van der Waals surface area contributed by atoms with E-state index in [1.165, 1.54) is 0 Å². The highest BCUT2D eigenvalue weighted by molar-refractivity contribution is 7.91. The molecule has 21 heavy (non-hydrogen) atoms. The fourth-order valence-electron chi connectivity index (χ4n) is 2.20. The molecule has 2 N–H and O–H groups in total. The van der Waals surface area contributed by atoms with Crippen molar-refractivity contribution in [1.29, 1.82) is 0 Å². The summed E-state index contributed by atoms with van der Waals surface area (Å²) in [5.41, 5.74) is 6.74. The first-order valence-corrected chi connectivity index (χ1v) is 8.14. The van der Waals surface area contributed by atoms with Crippen molar-refractivity contribution in [3.05, 3.63) is 54.1 Å². The van der Waals surface area contributed by atoms with Crippen molar-refractivity contribution in [2.24, 2.45) is 5.73 Å². The lowest BCUT2D eigenvalue weighted by Crippen LogP contribution is -2.21. The molecular weight excluding hydrogens is 290 g/mol. The summed E-state index contributed by atoms with van der Waals surface area (Å²) >= 11 is 0. The molecule has 6 heteroatoms. The molecule has 1 atom stereocenters. The largest absolute Gasteiger partial charge is 0.454 e. The van der Waals surface area contributed by atoms with Crippen molar-refractivity contribution >= 4 is 9.84 Å². The van der Waals surface area contributed by atoms with E-state index in [9.17, 15) is 8.42 Å². The van der Waals surface area contributed by atoms with Crippen LogP contribution in [0.3, 0.4) is 0 Å². The summed E-state index contributed by atoms with van der Waals surface area (Å²) in [6.45, 7) is 0.177. The molecule has 0 bridgehead atoms. The Kier molecular flexibility index (Phi) is 3.57. The molecule has 2 aromatic rings. The van der Waals surface area contributed by atoms with Crippen LogP contribution in [0.15, 0.2) is 53.4 Å². The highest BCUT2D eigenvalue weighted by atomic mass is 32.2. The van der Waals surface area contributed by atoms with Crippen LogP contribution >= 0.6 is 0 Å². The predicted octanol–water partition coefficient (Wildman–Crippen LogP) is 1.89. The van der Waals surface area contributed by atoms with Crippen LogP contribution < -0.4 is 15.2 Å². The van der Waals surface area contributed by atoms with Crippen molar-refractivity contribution in [1.82, 2.24) is 0 Å². The lowest BCUT2D eigenvalue weighted by molar-refractivity contribution is 0.174. The molecule has 0 radical (unpaired) electrons. The van der Waals surface area contributed by atoms with Gasteiger partial charge in [-0.05, 0) is 29.8 Å². The maximum absolute atomic E-state index is 12.3. The number of ether oxygens (including phenoxy) is 2. The Labute approximate surface area is 123 Å². The van der Waals surface area contributed by atoms with Gasteiger partial charge < -0.3 is 15.2 Å². The topological polar surface area (TPSA) is 78.6 Å². The third-order valence-corrected chi connectivity index (χ3v) is 5.11. The van der Waals surface area contributed by atoms with Crippen LogP contribution in [0.4, 0.5) is 0 Å².